The van der Waals surface area contributed by atoms with Gasteiger partial charge in [0.2, 0.25) is 0 Å². The summed E-state index contributed by atoms with van der Waals surface area (Å²) in [7, 11) is 0. The van der Waals surface area contributed by atoms with Crippen molar-refractivity contribution in [3.63, 3.8) is 0 Å². The summed E-state index contributed by atoms with van der Waals surface area (Å²) in [5.74, 6) is 5.19. The summed E-state index contributed by atoms with van der Waals surface area (Å²) in [5, 5.41) is 0.800. The fourth-order valence-electron chi connectivity index (χ4n) is 1.77. The fraction of sp³-hybridized carbons (Fsp3) is 0.250. The van der Waals surface area contributed by atoms with Crippen LogP contribution in [0.2, 0.25) is 0 Å². The molecule has 2 rings (SSSR count). The van der Waals surface area contributed by atoms with Crippen molar-refractivity contribution in [2.24, 2.45) is 5.84 Å². The summed E-state index contributed by atoms with van der Waals surface area (Å²) < 4.78 is 41.3. The number of para-hydroxylation sites is 1. The molecule has 1 aromatic carbocycles. The van der Waals surface area contributed by atoms with Gasteiger partial charge in [-0.05, 0) is 13.0 Å². The molecule has 0 saturated carbocycles. The molecule has 2 aromatic rings. The van der Waals surface area contributed by atoms with Gasteiger partial charge in [0.15, 0.2) is 0 Å². The molecule has 1 aromatic heterocycles. The summed E-state index contributed by atoms with van der Waals surface area (Å²) in [6, 6.07) is 5.26. The molecule has 0 amide bonds. The second kappa shape index (κ2) is 5.78. The molecule has 0 saturated heterocycles. The van der Waals surface area contributed by atoms with E-state index in [1.165, 1.54) is 29.5 Å². The molecule has 8 heteroatoms. The molecular weight excluding hydrogens is 291 g/mol. The number of thiazole rings is 1. The van der Waals surface area contributed by atoms with Gasteiger partial charge in [0, 0.05) is 16.6 Å². The van der Waals surface area contributed by atoms with Gasteiger partial charge in [-0.1, -0.05) is 18.2 Å². The Morgan fingerprint density at radius 1 is 1.35 bits per heavy atom. The highest BCUT2D eigenvalue weighted by atomic mass is 32.1. The normalized spacial score (nSPS) is 13.2. The molecule has 0 radical (unpaired) electrons. The molecule has 20 heavy (non-hydrogen) atoms. The largest absolute Gasteiger partial charge is 0.573 e. The molecule has 0 aliphatic rings. The third kappa shape index (κ3) is 3.47. The van der Waals surface area contributed by atoms with Crippen LogP contribution in [0.1, 0.15) is 21.5 Å². The number of aryl methyl sites for hydroxylation is 1. The maximum absolute atomic E-state index is 12.4. The highest BCUT2D eigenvalue weighted by Gasteiger charge is 2.33. The molecule has 0 bridgehead atoms. The van der Waals surface area contributed by atoms with Crippen LogP contribution in [-0.4, -0.2) is 11.3 Å². The monoisotopic (exact) mass is 303 g/mol. The van der Waals surface area contributed by atoms with E-state index in [4.69, 9.17) is 5.84 Å². The van der Waals surface area contributed by atoms with Crippen molar-refractivity contribution in [2.45, 2.75) is 19.3 Å². The number of benzene rings is 1. The lowest BCUT2D eigenvalue weighted by Crippen LogP contribution is -2.29. The number of alkyl halides is 3. The van der Waals surface area contributed by atoms with E-state index >= 15 is 0 Å². The van der Waals surface area contributed by atoms with Gasteiger partial charge >= 0.3 is 6.36 Å². The average Bonchev–Trinajstić information content (AvgIpc) is 2.77. The number of ether oxygens (including phenoxy) is 1. The lowest BCUT2D eigenvalue weighted by molar-refractivity contribution is -0.275. The number of hydrazine groups is 1. The summed E-state index contributed by atoms with van der Waals surface area (Å²) in [6.45, 7) is 1.81. The Labute approximate surface area is 117 Å². The van der Waals surface area contributed by atoms with E-state index in [0.717, 1.165) is 5.01 Å². The molecule has 108 valence electrons. The Kier molecular flexibility index (Phi) is 4.26. The molecule has 0 spiro atoms. The zero-order chi connectivity index (χ0) is 14.8. The summed E-state index contributed by atoms with van der Waals surface area (Å²) in [5.41, 5.74) is 2.80. The summed E-state index contributed by atoms with van der Waals surface area (Å²) in [6.07, 6.45) is -3.17. The number of hydrogen-bond acceptors (Lipinski definition) is 5. The van der Waals surface area contributed by atoms with Crippen molar-refractivity contribution in [1.29, 1.82) is 0 Å². The molecule has 0 fully saturated rings. The number of halogens is 3. The molecular formula is C12H12F3N3OS. The Morgan fingerprint density at radius 3 is 2.60 bits per heavy atom. The molecule has 3 N–H and O–H groups in total. The van der Waals surface area contributed by atoms with Gasteiger partial charge in [0.1, 0.15) is 5.75 Å². The summed E-state index contributed by atoms with van der Waals surface area (Å²) in [4.78, 5) is 4.79. The van der Waals surface area contributed by atoms with Crippen LogP contribution < -0.4 is 16.0 Å². The second-order valence-corrected chi connectivity index (χ2v) is 5.23. The van der Waals surface area contributed by atoms with E-state index in [1.54, 1.807) is 19.2 Å². The maximum Gasteiger partial charge on any atom is 0.573 e. The highest BCUT2D eigenvalue weighted by molar-refractivity contribution is 7.11. The number of hydrogen-bond donors (Lipinski definition) is 2. The quantitative estimate of drug-likeness (QED) is 0.673. The first-order chi connectivity index (χ1) is 9.40. The molecule has 0 aliphatic carbocycles. The van der Waals surface area contributed by atoms with Gasteiger partial charge in [-0.2, -0.15) is 0 Å². The predicted molar refractivity (Wildman–Crippen MR) is 69.1 cm³/mol. The van der Waals surface area contributed by atoms with Crippen LogP contribution >= 0.6 is 11.3 Å². The van der Waals surface area contributed by atoms with Crippen LogP contribution in [0.4, 0.5) is 13.2 Å². The minimum atomic E-state index is -4.75. The van der Waals surface area contributed by atoms with Gasteiger partial charge < -0.3 is 4.74 Å². The van der Waals surface area contributed by atoms with Gasteiger partial charge in [0.05, 0.1) is 11.0 Å². The van der Waals surface area contributed by atoms with E-state index in [1.807, 2.05) is 0 Å². The summed E-state index contributed by atoms with van der Waals surface area (Å²) >= 11 is 1.35. The number of nitrogens with two attached hydrogens (primary N) is 1. The smallest absolute Gasteiger partial charge is 0.405 e. The van der Waals surface area contributed by atoms with E-state index in [-0.39, 0.29) is 5.75 Å². The van der Waals surface area contributed by atoms with Gasteiger partial charge in [-0.15, -0.1) is 24.5 Å². The van der Waals surface area contributed by atoms with Gasteiger partial charge in [0.25, 0.3) is 0 Å². The predicted octanol–water partition coefficient (Wildman–Crippen LogP) is 2.90. The number of nitrogens with zero attached hydrogens (tertiary/aromatic N) is 1. The molecule has 4 nitrogen and oxygen atoms in total. The second-order valence-electron chi connectivity index (χ2n) is 3.97. The Hall–Kier alpha value is -1.64. The Morgan fingerprint density at radius 2 is 2.05 bits per heavy atom. The zero-order valence-electron chi connectivity index (χ0n) is 10.4. The van der Waals surface area contributed by atoms with Crippen molar-refractivity contribution in [3.05, 3.63) is 45.9 Å². The van der Waals surface area contributed by atoms with E-state index < -0.39 is 12.4 Å². The van der Waals surface area contributed by atoms with Crippen molar-refractivity contribution in [2.75, 3.05) is 0 Å². The first-order valence-electron chi connectivity index (χ1n) is 5.64. The number of aromatic nitrogens is 1. The van der Waals surface area contributed by atoms with Crippen molar-refractivity contribution >= 4 is 11.3 Å². The van der Waals surface area contributed by atoms with Crippen LogP contribution in [-0.2, 0) is 0 Å². The van der Waals surface area contributed by atoms with Crippen LogP contribution in [0.5, 0.6) is 5.75 Å². The van der Waals surface area contributed by atoms with E-state index in [2.05, 4.69) is 15.1 Å². The topological polar surface area (TPSA) is 60.2 Å². The third-order valence-electron chi connectivity index (χ3n) is 2.55. The van der Waals surface area contributed by atoms with Gasteiger partial charge in [-0.25, -0.2) is 10.4 Å². The van der Waals surface area contributed by atoms with Crippen molar-refractivity contribution in [1.82, 2.24) is 10.4 Å². The zero-order valence-corrected chi connectivity index (χ0v) is 11.3. The maximum atomic E-state index is 12.4. The lowest BCUT2D eigenvalue weighted by Gasteiger charge is -2.19. The van der Waals surface area contributed by atoms with E-state index in [9.17, 15) is 13.2 Å². The Balaban J connectivity index is 2.39. The molecule has 1 atom stereocenters. The van der Waals surface area contributed by atoms with Gasteiger partial charge in [-0.3, -0.25) is 5.84 Å². The average molecular weight is 303 g/mol. The van der Waals surface area contributed by atoms with Crippen LogP contribution in [0.15, 0.2) is 30.5 Å². The minimum Gasteiger partial charge on any atom is -0.405 e. The highest BCUT2D eigenvalue weighted by Crippen LogP contribution is 2.34. The minimum absolute atomic E-state index is 0.283. The SMILES string of the molecule is Cc1ncc(C(NN)c2ccccc2OC(F)(F)F)s1. The lowest BCUT2D eigenvalue weighted by atomic mass is 10.1. The first-order valence-corrected chi connectivity index (χ1v) is 6.45. The van der Waals surface area contributed by atoms with Crippen molar-refractivity contribution < 1.29 is 17.9 Å². The molecule has 1 unspecified atom stereocenters. The number of rotatable bonds is 4. The van der Waals surface area contributed by atoms with E-state index in [0.29, 0.717) is 10.4 Å². The van der Waals surface area contributed by atoms with Crippen molar-refractivity contribution in [3.8, 4) is 5.75 Å². The number of nitrogens with one attached hydrogen (secondary N) is 1. The van der Waals surface area contributed by atoms with Crippen LogP contribution in [0.3, 0.4) is 0 Å². The third-order valence-corrected chi connectivity index (χ3v) is 3.52. The fourth-order valence-corrected chi connectivity index (χ4v) is 2.64. The van der Waals surface area contributed by atoms with Crippen LogP contribution in [0.25, 0.3) is 0 Å². The Bertz CT molecular complexity index is 585. The standard InChI is InChI=1S/C12H12F3N3OS/c1-7-17-6-10(20-7)11(18-16)8-4-2-3-5-9(8)19-12(13,14)15/h2-6,11,18H,16H2,1H3. The van der Waals surface area contributed by atoms with Crippen LogP contribution in [0, 0.1) is 6.92 Å². The molecule has 1 heterocycles. The molecule has 0 aliphatic heterocycles. The first kappa shape index (κ1) is 14.8.